The number of benzene rings is 1. The van der Waals surface area contributed by atoms with Gasteiger partial charge < -0.3 is 24.2 Å². The van der Waals surface area contributed by atoms with Crippen LogP contribution in [-0.2, 0) is 23.4 Å². The van der Waals surface area contributed by atoms with Crippen LogP contribution in [0, 0.1) is 11.8 Å². The molecule has 0 bridgehead atoms. The van der Waals surface area contributed by atoms with Gasteiger partial charge in [-0.05, 0) is 39.8 Å². The molecule has 1 unspecified atom stereocenters. The van der Waals surface area contributed by atoms with Gasteiger partial charge in [0.05, 0.1) is 15.4 Å². The van der Waals surface area contributed by atoms with E-state index in [0.717, 1.165) is 12.3 Å². The number of carbonyl (C=O) groups excluding carboxylic acids is 1. The SMILES string of the molecule is [2H]C([2H])(O[P@@](=O)(N[C@@H](C)C(=O)OC(C)C)Oc1ccccc1)[C@H]1O[C@@H](n2ccc(=O)[nH]c2=O)C(O)(C#CC)[C@H]1O. The van der Waals surface area contributed by atoms with Gasteiger partial charge in [0.25, 0.3) is 5.56 Å². The van der Waals surface area contributed by atoms with E-state index in [0.29, 0.717) is 4.57 Å². The number of aromatic amines is 1. The normalized spacial score (nSPS) is 26.3. The van der Waals surface area contributed by atoms with Crippen LogP contribution in [0.3, 0.4) is 0 Å². The molecule has 0 spiro atoms. The minimum absolute atomic E-state index is 0.0162. The molecule has 13 nitrogen and oxygen atoms in total. The fourth-order valence-electron chi connectivity index (χ4n) is 3.45. The Hall–Kier alpha value is -3.24. The van der Waals surface area contributed by atoms with Gasteiger partial charge in [0.15, 0.2) is 11.8 Å². The number of H-pyrrole nitrogens is 1. The summed E-state index contributed by atoms with van der Waals surface area (Å²) in [4.78, 5) is 38.3. The molecule has 1 fully saturated rings. The molecule has 0 saturated carbocycles. The minimum atomic E-state index is -4.81. The molecule has 4 N–H and O–H groups in total. The van der Waals surface area contributed by atoms with Crippen LogP contribution >= 0.6 is 7.75 Å². The Balaban J connectivity index is 1.99. The third-order valence-corrected chi connectivity index (χ3v) is 6.63. The second kappa shape index (κ2) is 12.1. The van der Waals surface area contributed by atoms with E-state index in [4.69, 9.17) is 21.3 Å². The van der Waals surface area contributed by atoms with Gasteiger partial charge in [-0.1, -0.05) is 24.1 Å². The third-order valence-electron chi connectivity index (χ3n) is 5.13. The Morgan fingerprint density at radius 2 is 2.00 bits per heavy atom. The van der Waals surface area contributed by atoms with Gasteiger partial charge in [-0.25, -0.2) is 9.36 Å². The molecule has 0 amide bonds. The van der Waals surface area contributed by atoms with Crippen molar-refractivity contribution >= 4 is 13.7 Å². The van der Waals surface area contributed by atoms with Crippen molar-refractivity contribution in [2.75, 3.05) is 6.56 Å². The Kier molecular flexibility index (Phi) is 8.38. The number of aromatic nitrogens is 2. The number of ether oxygens (including phenoxy) is 2. The van der Waals surface area contributed by atoms with Crippen molar-refractivity contribution in [3.63, 3.8) is 0 Å². The first-order valence-electron chi connectivity index (χ1n) is 12.5. The van der Waals surface area contributed by atoms with E-state index < -0.39 is 67.7 Å². The lowest BCUT2D eigenvalue weighted by Crippen LogP contribution is -2.48. The number of nitrogens with zero attached hydrogens (tertiary/aromatic N) is 1. The van der Waals surface area contributed by atoms with Crippen LogP contribution in [0.1, 0.15) is 36.7 Å². The van der Waals surface area contributed by atoms with Crippen LogP contribution in [0.4, 0.5) is 0 Å². The maximum Gasteiger partial charge on any atom is 0.459 e. The van der Waals surface area contributed by atoms with E-state index >= 15 is 0 Å². The van der Waals surface area contributed by atoms with Crippen molar-refractivity contribution in [2.24, 2.45) is 0 Å². The first-order chi connectivity index (χ1) is 18.6. The number of para-hydroxylation sites is 1. The first-order valence-corrected chi connectivity index (χ1v) is 13.0. The van der Waals surface area contributed by atoms with Gasteiger partial charge in [0.1, 0.15) is 24.0 Å². The van der Waals surface area contributed by atoms with E-state index in [2.05, 4.69) is 16.9 Å². The first kappa shape index (κ1) is 26.4. The van der Waals surface area contributed by atoms with Crippen molar-refractivity contribution < 1.29 is 40.8 Å². The second-order valence-corrected chi connectivity index (χ2v) is 10.1. The highest BCUT2D eigenvalue weighted by Crippen LogP contribution is 2.46. The van der Waals surface area contributed by atoms with Gasteiger partial charge in [-0.15, -0.1) is 5.92 Å². The Labute approximate surface area is 221 Å². The van der Waals surface area contributed by atoms with Crippen LogP contribution in [-0.4, -0.2) is 62.2 Å². The average molecular weight is 554 g/mol. The lowest BCUT2D eigenvalue weighted by molar-refractivity contribution is -0.149. The highest BCUT2D eigenvalue weighted by molar-refractivity contribution is 7.52. The smallest absolute Gasteiger partial charge is 0.459 e. The maximum absolute atomic E-state index is 13.9. The van der Waals surface area contributed by atoms with Crippen molar-refractivity contribution in [2.45, 2.75) is 63.9 Å². The summed E-state index contributed by atoms with van der Waals surface area (Å²) in [5.74, 6) is 3.84. The number of nitrogens with one attached hydrogen (secondary N) is 2. The molecule has 1 saturated heterocycles. The lowest BCUT2D eigenvalue weighted by Gasteiger charge is -2.26. The molecule has 206 valence electrons. The van der Waals surface area contributed by atoms with Gasteiger partial charge in [-0.2, -0.15) is 5.09 Å². The molecular weight excluding hydrogens is 521 g/mol. The van der Waals surface area contributed by atoms with Crippen molar-refractivity contribution in [1.82, 2.24) is 14.6 Å². The van der Waals surface area contributed by atoms with Crippen molar-refractivity contribution in [3.8, 4) is 17.6 Å². The minimum Gasteiger partial charge on any atom is -0.462 e. The lowest BCUT2D eigenvalue weighted by atomic mass is 9.94. The molecule has 0 radical (unpaired) electrons. The largest absolute Gasteiger partial charge is 0.462 e. The summed E-state index contributed by atoms with van der Waals surface area (Å²) < 4.78 is 53.0. The summed E-state index contributed by atoms with van der Waals surface area (Å²) in [6.07, 6.45) is -5.66. The zero-order valence-electron chi connectivity index (χ0n) is 23.0. The Morgan fingerprint density at radius 3 is 2.61 bits per heavy atom. The van der Waals surface area contributed by atoms with Crippen LogP contribution in [0.5, 0.6) is 5.75 Å². The summed E-state index contributed by atoms with van der Waals surface area (Å²) in [6, 6.07) is 7.18. The maximum atomic E-state index is 13.9. The summed E-state index contributed by atoms with van der Waals surface area (Å²) in [6.45, 7) is 2.60. The number of aliphatic hydroxyl groups excluding tert-OH is 1. The summed E-state index contributed by atoms with van der Waals surface area (Å²) in [5, 5.41) is 24.6. The number of aliphatic hydroxyl groups is 2. The predicted octanol–water partition coefficient (Wildman–Crippen LogP) is 0.683. The zero-order chi connectivity index (χ0) is 29.9. The molecule has 38 heavy (non-hydrogen) atoms. The predicted molar refractivity (Wildman–Crippen MR) is 134 cm³/mol. The monoisotopic (exact) mass is 553 g/mol. The van der Waals surface area contributed by atoms with E-state index in [1.165, 1.54) is 26.0 Å². The Morgan fingerprint density at radius 1 is 1.32 bits per heavy atom. The standard InChI is InChI=1S/C24H30N3O10P/c1-5-12-24(32)20(29)18(36-22(24)27-13-11-19(28)25-23(27)31)14-34-38(33,37-17-9-7-6-8-10-17)26-16(4)21(30)35-15(2)3/h6-11,13,15-16,18,20,22,29,32H,14H2,1-4H3,(H,26,33)(H,25,28,31)/t16-,18+,20-,22+,24?,38-/m0/s1/i14D2. The Bertz CT molecular complexity index is 1440. The van der Waals surface area contributed by atoms with Gasteiger partial charge in [0, 0.05) is 12.3 Å². The number of esters is 1. The number of hydrogen-bond acceptors (Lipinski definition) is 10. The van der Waals surface area contributed by atoms with E-state index in [1.807, 2.05) is 4.98 Å². The van der Waals surface area contributed by atoms with Crippen molar-refractivity contribution in [1.29, 1.82) is 0 Å². The number of carbonyl (C=O) groups is 1. The van der Waals surface area contributed by atoms with Crippen LogP contribution in [0.2, 0.25) is 0 Å². The van der Waals surface area contributed by atoms with Crippen LogP contribution < -0.4 is 20.9 Å². The fraction of sp³-hybridized carbons (Fsp3) is 0.458. The molecule has 1 aliphatic heterocycles. The van der Waals surface area contributed by atoms with E-state index in [-0.39, 0.29) is 5.75 Å². The average Bonchev–Trinajstić information content (AvgIpc) is 3.10. The molecule has 2 heterocycles. The fourth-order valence-corrected chi connectivity index (χ4v) is 4.81. The molecule has 3 rings (SSSR count). The molecule has 1 aliphatic rings. The van der Waals surface area contributed by atoms with Crippen LogP contribution in [0.15, 0.2) is 52.2 Å². The quantitative estimate of drug-likeness (QED) is 0.185. The molecule has 14 heteroatoms. The van der Waals surface area contributed by atoms with E-state index in [1.54, 1.807) is 32.0 Å². The van der Waals surface area contributed by atoms with Crippen molar-refractivity contribution in [3.05, 3.63) is 63.4 Å². The van der Waals surface area contributed by atoms with Gasteiger partial charge in [-0.3, -0.25) is 23.7 Å². The van der Waals surface area contributed by atoms with Crippen LogP contribution in [0.25, 0.3) is 0 Å². The molecular formula is C24H30N3O10P. The highest BCUT2D eigenvalue weighted by Gasteiger charge is 2.56. The third kappa shape index (κ3) is 6.79. The molecule has 1 aromatic carbocycles. The number of rotatable bonds is 10. The summed E-state index contributed by atoms with van der Waals surface area (Å²) in [7, 11) is -4.81. The molecule has 6 atom stereocenters. The summed E-state index contributed by atoms with van der Waals surface area (Å²) in [5.41, 5.74) is -4.37. The zero-order valence-corrected chi connectivity index (χ0v) is 21.9. The number of hydrogen-bond donors (Lipinski definition) is 4. The molecule has 1 aromatic heterocycles. The van der Waals surface area contributed by atoms with Gasteiger partial charge in [0.2, 0.25) is 0 Å². The topological polar surface area (TPSA) is 178 Å². The summed E-state index contributed by atoms with van der Waals surface area (Å²) >= 11 is 0. The second-order valence-electron chi connectivity index (χ2n) is 8.52. The molecule has 0 aliphatic carbocycles. The molecule has 2 aromatic rings. The van der Waals surface area contributed by atoms with Gasteiger partial charge >= 0.3 is 19.4 Å². The van der Waals surface area contributed by atoms with E-state index in [9.17, 15) is 29.2 Å². The highest BCUT2D eigenvalue weighted by atomic mass is 31.2.